The van der Waals surface area contributed by atoms with Crippen LogP contribution in [-0.2, 0) is 21.1 Å². The molecule has 0 aliphatic rings. The maximum Gasteiger partial charge on any atom is 0.237 e. The molecule has 0 bridgehead atoms. The van der Waals surface area contributed by atoms with Crippen molar-refractivity contribution in [3.8, 4) is 0 Å². The van der Waals surface area contributed by atoms with Crippen LogP contribution >= 0.6 is 0 Å². The van der Waals surface area contributed by atoms with Crippen LogP contribution in [0.4, 0.5) is 0 Å². The van der Waals surface area contributed by atoms with E-state index in [-0.39, 0.29) is 5.91 Å². The molecule has 0 aromatic heterocycles. The highest BCUT2D eigenvalue weighted by atomic mass is 32.2. The molecule has 5 nitrogen and oxygen atoms in total. The molecule has 0 radical (unpaired) electrons. The van der Waals surface area contributed by atoms with Crippen LogP contribution in [0.1, 0.15) is 25.8 Å². The highest BCUT2D eigenvalue weighted by molar-refractivity contribution is 7.93. The van der Waals surface area contributed by atoms with Gasteiger partial charge in [-0.1, -0.05) is 50.3 Å². The molecular weight excluding hydrogens is 312 g/mol. The highest BCUT2D eigenvalue weighted by Crippen LogP contribution is 2.07. The van der Waals surface area contributed by atoms with E-state index < -0.39 is 21.9 Å². The largest absolute Gasteiger partial charge is 0.348 e. The van der Waals surface area contributed by atoms with E-state index in [4.69, 9.17) is 5.73 Å². The van der Waals surface area contributed by atoms with E-state index >= 15 is 0 Å². The lowest BCUT2D eigenvalue weighted by Crippen LogP contribution is -2.46. The molecule has 0 saturated carbocycles. The lowest BCUT2D eigenvalue weighted by Gasteiger charge is -2.19. The van der Waals surface area contributed by atoms with Crippen LogP contribution in [-0.4, -0.2) is 32.7 Å². The van der Waals surface area contributed by atoms with Crippen molar-refractivity contribution < 1.29 is 13.2 Å². The number of amides is 1. The first-order valence-electron chi connectivity index (χ1n) is 7.65. The Hall–Kier alpha value is -1.66. The fourth-order valence-electron chi connectivity index (χ4n) is 2.18. The summed E-state index contributed by atoms with van der Waals surface area (Å²) < 4.78 is 22.7. The minimum atomic E-state index is -3.25. The van der Waals surface area contributed by atoms with Gasteiger partial charge in [-0.25, -0.2) is 8.42 Å². The van der Waals surface area contributed by atoms with Crippen molar-refractivity contribution in [3.63, 3.8) is 0 Å². The van der Waals surface area contributed by atoms with Crippen molar-refractivity contribution in [2.24, 2.45) is 11.7 Å². The Morgan fingerprint density at radius 3 is 2.39 bits per heavy atom. The van der Waals surface area contributed by atoms with Crippen LogP contribution < -0.4 is 11.1 Å². The first-order valence-corrected chi connectivity index (χ1v) is 9.61. The molecule has 0 saturated heterocycles. The molecule has 0 spiro atoms. The minimum Gasteiger partial charge on any atom is -0.348 e. The number of sulfone groups is 1. The Kier molecular flexibility index (Phi) is 7.45. The molecule has 2 atom stereocenters. The number of nitrogens with one attached hydrogen (secondary N) is 1. The molecule has 0 aliphatic heterocycles. The second-order valence-electron chi connectivity index (χ2n) is 6.20. The van der Waals surface area contributed by atoms with E-state index in [2.05, 4.69) is 5.32 Å². The molecule has 23 heavy (non-hydrogen) atoms. The Morgan fingerprint density at radius 2 is 1.87 bits per heavy atom. The van der Waals surface area contributed by atoms with E-state index in [1.807, 2.05) is 44.2 Å². The molecule has 128 valence electrons. The van der Waals surface area contributed by atoms with Gasteiger partial charge >= 0.3 is 0 Å². The number of rotatable bonds is 8. The summed E-state index contributed by atoms with van der Waals surface area (Å²) >= 11 is 0. The summed E-state index contributed by atoms with van der Waals surface area (Å²) in [6.45, 7) is 4.00. The quantitative estimate of drug-likeness (QED) is 0.754. The lowest BCUT2D eigenvalue weighted by molar-refractivity contribution is -0.123. The monoisotopic (exact) mass is 338 g/mol. The zero-order valence-corrected chi connectivity index (χ0v) is 14.7. The van der Waals surface area contributed by atoms with Crippen molar-refractivity contribution in [2.45, 2.75) is 38.8 Å². The molecule has 6 heteroatoms. The third kappa shape index (κ3) is 8.52. The highest BCUT2D eigenvalue weighted by Gasteiger charge is 2.18. The van der Waals surface area contributed by atoms with Gasteiger partial charge in [-0.2, -0.15) is 0 Å². The van der Waals surface area contributed by atoms with Gasteiger partial charge in [0.1, 0.15) is 0 Å². The number of carbonyl (C=O) groups is 1. The first kappa shape index (κ1) is 19.4. The number of hydrogen-bond donors (Lipinski definition) is 2. The summed E-state index contributed by atoms with van der Waals surface area (Å²) in [5, 5.41) is 3.95. The predicted molar refractivity (Wildman–Crippen MR) is 93.5 cm³/mol. The van der Waals surface area contributed by atoms with Crippen LogP contribution in [0.15, 0.2) is 41.8 Å². The number of nitrogens with two attached hydrogens (primary N) is 1. The molecule has 0 heterocycles. The smallest absolute Gasteiger partial charge is 0.237 e. The van der Waals surface area contributed by atoms with Crippen molar-refractivity contribution in [1.82, 2.24) is 5.32 Å². The summed E-state index contributed by atoms with van der Waals surface area (Å²) in [6.07, 6.45) is 3.71. The SMILES string of the molecule is CC(C)C[C@H](N)C(=O)N[C@H](/C=C/S(C)(=O)=O)Cc1ccccc1. The van der Waals surface area contributed by atoms with Gasteiger partial charge in [-0.3, -0.25) is 4.79 Å². The molecule has 1 aromatic carbocycles. The molecule has 1 rings (SSSR count). The molecule has 1 aromatic rings. The average Bonchev–Trinajstić information content (AvgIpc) is 2.44. The number of carbonyl (C=O) groups excluding carboxylic acids is 1. The normalized spacial score (nSPS) is 14.8. The molecule has 1 amide bonds. The predicted octanol–water partition coefficient (Wildman–Crippen LogP) is 1.65. The summed E-state index contributed by atoms with van der Waals surface area (Å²) in [5.74, 6) is 0.0488. The second kappa shape index (κ2) is 8.84. The molecule has 0 unspecified atom stereocenters. The maximum absolute atomic E-state index is 12.2. The Balaban J connectivity index is 2.82. The molecule has 0 aliphatic carbocycles. The lowest BCUT2D eigenvalue weighted by atomic mass is 10.0. The summed E-state index contributed by atoms with van der Waals surface area (Å²) in [4.78, 5) is 12.2. The Labute approximate surface area is 138 Å². The third-order valence-corrected chi connectivity index (χ3v) is 3.90. The van der Waals surface area contributed by atoms with Crippen molar-refractivity contribution in [3.05, 3.63) is 47.4 Å². The maximum atomic E-state index is 12.2. The van der Waals surface area contributed by atoms with Crippen LogP contribution in [0.5, 0.6) is 0 Å². The van der Waals surface area contributed by atoms with Crippen LogP contribution in [0.3, 0.4) is 0 Å². The van der Waals surface area contributed by atoms with E-state index in [9.17, 15) is 13.2 Å². The van der Waals surface area contributed by atoms with E-state index in [1.54, 1.807) is 0 Å². The fourth-order valence-corrected chi connectivity index (χ4v) is 2.65. The summed E-state index contributed by atoms with van der Waals surface area (Å²) in [6, 6.07) is 8.56. The summed E-state index contributed by atoms with van der Waals surface area (Å²) in [5.41, 5.74) is 6.90. The first-order chi connectivity index (χ1) is 10.7. The van der Waals surface area contributed by atoms with Gasteiger partial charge < -0.3 is 11.1 Å². The van der Waals surface area contributed by atoms with E-state index in [0.29, 0.717) is 18.8 Å². The van der Waals surface area contributed by atoms with Crippen molar-refractivity contribution in [1.29, 1.82) is 0 Å². The average molecular weight is 338 g/mol. The second-order valence-corrected chi connectivity index (χ2v) is 8.13. The Bertz CT molecular complexity index is 624. The molecular formula is C17H26N2O3S. The van der Waals surface area contributed by atoms with E-state index in [0.717, 1.165) is 17.2 Å². The minimum absolute atomic E-state index is 0.266. The zero-order chi connectivity index (χ0) is 17.5. The van der Waals surface area contributed by atoms with Crippen molar-refractivity contribution >= 4 is 15.7 Å². The third-order valence-electron chi connectivity index (χ3n) is 3.25. The topological polar surface area (TPSA) is 89.3 Å². The number of benzene rings is 1. The molecule has 3 N–H and O–H groups in total. The van der Waals surface area contributed by atoms with Gasteiger partial charge in [0.25, 0.3) is 0 Å². The van der Waals surface area contributed by atoms with Crippen LogP contribution in [0, 0.1) is 5.92 Å². The van der Waals surface area contributed by atoms with Crippen LogP contribution in [0.2, 0.25) is 0 Å². The van der Waals surface area contributed by atoms with Gasteiger partial charge in [0.05, 0.1) is 12.1 Å². The van der Waals surface area contributed by atoms with Gasteiger partial charge in [-0.05, 0) is 24.3 Å². The van der Waals surface area contributed by atoms with Gasteiger partial charge in [0.15, 0.2) is 9.84 Å². The van der Waals surface area contributed by atoms with Gasteiger partial charge in [-0.15, -0.1) is 0 Å². The van der Waals surface area contributed by atoms with E-state index in [1.165, 1.54) is 6.08 Å². The van der Waals surface area contributed by atoms with Gasteiger partial charge in [0, 0.05) is 11.7 Å². The Morgan fingerprint density at radius 1 is 1.26 bits per heavy atom. The summed E-state index contributed by atoms with van der Waals surface area (Å²) in [7, 11) is -3.25. The van der Waals surface area contributed by atoms with Gasteiger partial charge in [0.2, 0.25) is 5.91 Å². The fraction of sp³-hybridized carbons (Fsp3) is 0.471. The zero-order valence-electron chi connectivity index (χ0n) is 13.9. The standard InChI is InChI=1S/C17H26N2O3S/c1-13(2)11-16(18)17(20)19-15(9-10-23(3,21)22)12-14-7-5-4-6-8-14/h4-10,13,15-16H,11-12,18H2,1-3H3,(H,19,20)/b10-9+/t15-,16+/m1/s1. The molecule has 0 fully saturated rings. The van der Waals surface area contributed by atoms with Crippen molar-refractivity contribution in [2.75, 3.05) is 6.26 Å². The number of hydrogen-bond acceptors (Lipinski definition) is 4. The van der Waals surface area contributed by atoms with Crippen LogP contribution in [0.25, 0.3) is 0 Å².